The van der Waals surface area contributed by atoms with E-state index in [1.165, 1.54) is 37.8 Å². The van der Waals surface area contributed by atoms with Crippen LogP contribution in [-0.4, -0.2) is 50.7 Å². The lowest BCUT2D eigenvalue weighted by Crippen LogP contribution is -2.42. The van der Waals surface area contributed by atoms with Crippen LogP contribution in [0.2, 0.25) is 0 Å². The van der Waals surface area contributed by atoms with Gasteiger partial charge < -0.3 is 15.4 Å². The summed E-state index contributed by atoms with van der Waals surface area (Å²) in [5.41, 5.74) is 1.21. The van der Waals surface area contributed by atoms with E-state index in [1.54, 1.807) is 7.11 Å². The summed E-state index contributed by atoms with van der Waals surface area (Å²) in [5.74, 6) is 2.73. The lowest BCUT2D eigenvalue weighted by atomic mass is 10.2. The van der Waals surface area contributed by atoms with E-state index in [0.29, 0.717) is 0 Å². The average molecular weight is 458 g/mol. The Kier molecular flexibility index (Phi) is 8.29. The van der Waals surface area contributed by atoms with Crippen LogP contribution in [0.25, 0.3) is 0 Å². The van der Waals surface area contributed by atoms with Crippen LogP contribution >= 0.6 is 24.0 Å². The summed E-state index contributed by atoms with van der Waals surface area (Å²) in [6.07, 6.45) is 5.64. The van der Waals surface area contributed by atoms with Crippen LogP contribution in [0, 0.1) is 5.92 Å². The zero-order valence-electron chi connectivity index (χ0n) is 15.3. The summed E-state index contributed by atoms with van der Waals surface area (Å²) in [6, 6.07) is 8.96. The van der Waals surface area contributed by atoms with Gasteiger partial charge in [-0.2, -0.15) is 0 Å². The maximum Gasteiger partial charge on any atom is 0.191 e. The maximum absolute atomic E-state index is 5.19. The predicted molar refractivity (Wildman–Crippen MR) is 114 cm³/mol. The van der Waals surface area contributed by atoms with Crippen LogP contribution in [0.3, 0.4) is 0 Å². The van der Waals surface area contributed by atoms with E-state index in [9.17, 15) is 0 Å². The van der Waals surface area contributed by atoms with Crippen molar-refractivity contribution < 1.29 is 4.74 Å². The van der Waals surface area contributed by atoms with Gasteiger partial charge in [-0.15, -0.1) is 24.0 Å². The smallest absolute Gasteiger partial charge is 0.191 e. The molecule has 6 heteroatoms. The first-order valence-electron chi connectivity index (χ1n) is 9.10. The minimum atomic E-state index is 0. The van der Waals surface area contributed by atoms with Crippen molar-refractivity contribution in [3.05, 3.63) is 29.8 Å². The second kappa shape index (κ2) is 10.2. The van der Waals surface area contributed by atoms with Crippen molar-refractivity contribution in [2.24, 2.45) is 10.9 Å². The number of rotatable bonds is 9. The zero-order chi connectivity index (χ0) is 16.8. The van der Waals surface area contributed by atoms with Gasteiger partial charge in [-0.05, 0) is 49.3 Å². The molecule has 0 bridgehead atoms. The molecule has 1 aromatic carbocycles. The van der Waals surface area contributed by atoms with Crippen molar-refractivity contribution in [1.82, 2.24) is 15.5 Å². The number of ether oxygens (including phenoxy) is 1. The summed E-state index contributed by atoms with van der Waals surface area (Å²) in [6.45, 7) is 4.12. The van der Waals surface area contributed by atoms with Gasteiger partial charge in [-0.1, -0.05) is 12.1 Å². The molecule has 2 fully saturated rings. The third-order valence-electron chi connectivity index (χ3n) is 4.79. The molecule has 2 N–H and O–H groups in total. The third-order valence-corrected chi connectivity index (χ3v) is 4.79. The molecule has 2 saturated carbocycles. The Hall–Kier alpha value is -1.02. The molecule has 5 nitrogen and oxygen atoms in total. The number of hydrogen-bond donors (Lipinski definition) is 2. The molecule has 140 valence electrons. The molecule has 0 radical (unpaired) electrons. The number of guanidine groups is 1. The lowest BCUT2D eigenvalue weighted by Gasteiger charge is -2.22. The zero-order valence-corrected chi connectivity index (χ0v) is 17.7. The van der Waals surface area contributed by atoms with Gasteiger partial charge in [0.2, 0.25) is 0 Å². The third kappa shape index (κ3) is 7.01. The average Bonchev–Trinajstić information content (AvgIpc) is 3.50. The lowest BCUT2D eigenvalue weighted by molar-refractivity contribution is 0.256. The highest BCUT2D eigenvalue weighted by molar-refractivity contribution is 14.0. The first-order valence-corrected chi connectivity index (χ1v) is 9.10. The number of benzene rings is 1. The first-order chi connectivity index (χ1) is 11.8. The monoisotopic (exact) mass is 458 g/mol. The van der Waals surface area contributed by atoms with Crippen LogP contribution in [0.1, 0.15) is 31.2 Å². The Morgan fingerprint density at radius 2 is 1.88 bits per heavy atom. The Morgan fingerprint density at radius 3 is 2.44 bits per heavy atom. The van der Waals surface area contributed by atoms with Crippen LogP contribution in [0.4, 0.5) is 0 Å². The fourth-order valence-corrected chi connectivity index (χ4v) is 2.96. The Balaban J connectivity index is 0.00000225. The number of nitrogens with zero attached hydrogens (tertiary/aromatic N) is 2. The molecule has 0 unspecified atom stereocenters. The van der Waals surface area contributed by atoms with E-state index in [0.717, 1.165) is 43.3 Å². The van der Waals surface area contributed by atoms with E-state index < -0.39 is 0 Å². The molecule has 0 saturated heterocycles. The van der Waals surface area contributed by atoms with E-state index in [2.05, 4.69) is 32.7 Å². The van der Waals surface area contributed by atoms with Crippen molar-refractivity contribution >= 4 is 29.9 Å². The minimum Gasteiger partial charge on any atom is -0.497 e. The van der Waals surface area contributed by atoms with Gasteiger partial charge in [0.25, 0.3) is 0 Å². The quantitative estimate of drug-likeness (QED) is 0.340. The molecule has 0 heterocycles. The highest BCUT2D eigenvalue weighted by Crippen LogP contribution is 2.34. The largest absolute Gasteiger partial charge is 0.497 e. The molecular weight excluding hydrogens is 427 g/mol. The van der Waals surface area contributed by atoms with Gasteiger partial charge in [0, 0.05) is 39.3 Å². The summed E-state index contributed by atoms with van der Waals surface area (Å²) in [7, 11) is 3.51. The normalized spacial score (nSPS) is 17.2. The number of aliphatic imine (C=N–C) groups is 1. The van der Waals surface area contributed by atoms with Gasteiger partial charge in [-0.3, -0.25) is 9.89 Å². The molecule has 0 atom stereocenters. The topological polar surface area (TPSA) is 48.9 Å². The van der Waals surface area contributed by atoms with Gasteiger partial charge in [-0.25, -0.2) is 0 Å². The fourth-order valence-electron chi connectivity index (χ4n) is 2.96. The van der Waals surface area contributed by atoms with Crippen molar-refractivity contribution in [3.8, 4) is 5.75 Å². The van der Waals surface area contributed by atoms with Crippen LogP contribution < -0.4 is 15.4 Å². The summed E-state index contributed by atoms with van der Waals surface area (Å²) in [5, 5.41) is 6.82. The molecule has 25 heavy (non-hydrogen) atoms. The Labute approximate surface area is 168 Å². The Bertz CT molecular complexity index is 541. The van der Waals surface area contributed by atoms with E-state index in [1.807, 2.05) is 19.2 Å². The SMILES string of the molecule is CN=C(NCCN(CC1CC1)C1CC1)NCc1ccc(OC)cc1.I. The maximum atomic E-state index is 5.19. The number of nitrogens with one attached hydrogen (secondary N) is 2. The summed E-state index contributed by atoms with van der Waals surface area (Å²) >= 11 is 0. The summed E-state index contributed by atoms with van der Waals surface area (Å²) in [4.78, 5) is 6.99. The molecule has 1 aromatic rings. The highest BCUT2D eigenvalue weighted by atomic mass is 127. The van der Waals surface area contributed by atoms with Gasteiger partial charge in [0.15, 0.2) is 5.96 Å². The first kappa shape index (κ1) is 20.3. The van der Waals surface area contributed by atoms with Gasteiger partial charge >= 0.3 is 0 Å². The molecule has 3 rings (SSSR count). The van der Waals surface area contributed by atoms with Crippen molar-refractivity contribution in [2.75, 3.05) is 33.8 Å². The highest BCUT2D eigenvalue weighted by Gasteiger charge is 2.33. The van der Waals surface area contributed by atoms with E-state index >= 15 is 0 Å². The van der Waals surface area contributed by atoms with Gasteiger partial charge in [0.05, 0.1) is 7.11 Å². The molecule has 0 aliphatic heterocycles. The molecule has 0 spiro atoms. The number of hydrogen-bond acceptors (Lipinski definition) is 3. The predicted octanol–water partition coefficient (Wildman–Crippen LogP) is 2.85. The molecule has 0 aromatic heterocycles. The van der Waals surface area contributed by atoms with Crippen molar-refractivity contribution in [1.29, 1.82) is 0 Å². The Morgan fingerprint density at radius 1 is 1.16 bits per heavy atom. The second-order valence-electron chi connectivity index (χ2n) is 6.87. The van der Waals surface area contributed by atoms with Crippen molar-refractivity contribution in [2.45, 2.75) is 38.3 Å². The number of halogens is 1. The standard InChI is InChI=1S/C19H30N4O.HI/c1-20-19(22-13-15-5-9-18(24-2)10-6-15)21-11-12-23(17-7-8-17)14-16-3-4-16;/h5-6,9-10,16-17H,3-4,7-8,11-14H2,1-2H3,(H2,20,21,22);1H. The van der Waals surface area contributed by atoms with Crippen LogP contribution in [0.15, 0.2) is 29.3 Å². The van der Waals surface area contributed by atoms with E-state index in [4.69, 9.17) is 4.74 Å². The fraction of sp³-hybridized carbons (Fsp3) is 0.632. The molecular formula is C19H31IN4O. The summed E-state index contributed by atoms with van der Waals surface area (Å²) < 4.78 is 5.19. The van der Waals surface area contributed by atoms with Gasteiger partial charge in [0.1, 0.15) is 5.75 Å². The second-order valence-corrected chi connectivity index (χ2v) is 6.87. The van der Waals surface area contributed by atoms with E-state index in [-0.39, 0.29) is 24.0 Å². The number of methoxy groups -OCH3 is 1. The van der Waals surface area contributed by atoms with Crippen molar-refractivity contribution in [3.63, 3.8) is 0 Å². The van der Waals surface area contributed by atoms with Crippen LogP contribution in [0.5, 0.6) is 5.75 Å². The minimum absolute atomic E-state index is 0. The molecule has 2 aliphatic carbocycles. The molecule has 0 amide bonds. The molecule has 2 aliphatic rings. The van der Waals surface area contributed by atoms with Crippen LogP contribution in [-0.2, 0) is 6.54 Å².